The second kappa shape index (κ2) is 4.03. The molecule has 1 aliphatic carbocycles. The van der Waals surface area contributed by atoms with Gasteiger partial charge < -0.3 is 10.2 Å². The normalized spacial score (nSPS) is 32.7. The number of aliphatic hydroxyl groups is 2. The van der Waals surface area contributed by atoms with Crippen molar-refractivity contribution in [1.29, 1.82) is 0 Å². The summed E-state index contributed by atoms with van der Waals surface area (Å²) in [5.74, 6) is 0. The molecule has 0 bridgehead atoms. The molecule has 0 amide bonds. The molecule has 1 aliphatic rings. The molecule has 82 valence electrons. The number of allylic oxidation sites excluding steroid dienone is 1. The minimum Gasteiger partial charge on any atom is -0.393 e. The quantitative estimate of drug-likeness (QED) is 0.683. The number of hydrogen-bond acceptors (Lipinski definition) is 2. The average molecular weight is 198 g/mol. The summed E-state index contributed by atoms with van der Waals surface area (Å²) < 4.78 is 0. The zero-order valence-corrected chi connectivity index (χ0v) is 9.34. The monoisotopic (exact) mass is 198 g/mol. The fraction of sp³-hybridized carbons (Fsp3) is 0.833. The molecule has 0 aliphatic heterocycles. The van der Waals surface area contributed by atoms with E-state index in [0.717, 1.165) is 12.8 Å². The zero-order chi connectivity index (χ0) is 10.8. The highest BCUT2D eigenvalue weighted by Crippen LogP contribution is 2.44. The molecule has 0 radical (unpaired) electrons. The van der Waals surface area contributed by atoms with Gasteiger partial charge in [-0.15, -0.1) is 0 Å². The SMILES string of the molecule is C=C1CCCCC1(C)C[C@](C)(O)CO. The highest BCUT2D eigenvalue weighted by molar-refractivity contribution is 5.12. The van der Waals surface area contributed by atoms with Gasteiger partial charge in [0.1, 0.15) is 0 Å². The molecule has 0 aromatic carbocycles. The van der Waals surface area contributed by atoms with Crippen LogP contribution in [0.5, 0.6) is 0 Å². The lowest BCUT2D eigenvalue weighted by atomic mass is 9.67. The molecule has 2 N–H and O–H groups in total. The third kappa shape index (κ3) is 2.58. The molecule has 0 aromatic heterocycles. The van der Waals surface area contributed by atoms with Gasteiger partial charge in [0, 0.05) is 0 Å². The van der Waals surface area contributed by atoms with Crippen LogP contribution < -0.4 is 0 Å². The van der Waals surface area contributed by atoms with Crippen LogP contribution in [-0.2, 0) is 0 Å². The van der Waals surface area contributed by atoms with E-state index in [1.807, 2.05) is 0 Å². The Hall–Kier alpha value is -0.340. The van der Waals surface area contributed by atoms with Crippen LogP contribution >= 0.6 is 0 Å². The van der Waals surface area contributed by atoms with Crippen LogP contribution in [0.15, 0.2) is 12.2 Å². The number of hydrogen-bond donors (Lipinski definition) is 2. The van der Waals surface area contributed by atoms with Gasteiger partial charge in [0.05, 0.1) is 12.2 Å². The molecular formula is C12H22O2. The smallest absolute Gasteiger partial charge is 0.0857 e. The molecule has 2 heteroatoms. The van der Waals surface area contributed by atoms with Crippen molar-refractivity contribution in [3.63, 3.8) is 0 Å². The fourth-order valence-electron chi connectivity index (χ4n) is 2.44. The van der Waals surface area contributed by atoms with Crippen molar-refractivity contribution in [3.8, 4) is 0 Å². The average Bonchev–Trinajstić information content (AvgIpc) is 2.10. The summed E-state index contributed by atoms with van der Waals surface area (Å²) in [5, 5.41) is 18.9. The van der Waals surface area contributed by atoms with E-state index >= 15 is 0 Å². The van der Waals surface area contributed by atoms with Crippen molar-refractivity contribution in [1.82, 2.24) is 0 Å². The van der Waals surface area contributed by atoms with Crippen LogP contribution in [0.4, 0.5) is 0 Å². The Morgan fingerprint density at radius 2 is 2.14 bits per heavy atom. The second-order valence-corrected chi connectivity index (χ2v) is 5.20. The summed E-state index contributed by atoms with van der Waals surface area (Å²) in [5.41, 5.74) is 0.289. The fourth-order valence-corrected chi connectivity index (χ4v) is 2.44. The number of aliphatic hydroxyl groups excluding tert-OH is 1. The van der Waals surface area contributed by atoms with E-state index in [1.165, 1.54) is 18.4 Å². The van der Waals surface area contributed by atoms with Crippen LogP contribution in [0.2, 0.25) is 0 Å². The van der Waals surface area contributed by atoms with Crippen LogP contribution in [0.3, 0.4) is 0 Å². The zero-order valence-electron chi connectivity index (χ0n) is 9.34. The third-order valence-electron chi connectivity index (χ3n) is 3.42. The first-order valence-electron chi connectivity index (χ1n) is 5.41. The van der Waals surface area contributed by atoms with Crippen molar-refractivity contribution in [2.75, 3.05) is 6.61 Å². The van der Waals surface area contributed by atoms with Crippen LogP contribution in [0.25, 0.3) is 0 Å². The molecule has 2 atom stereocenters. The summed E-state index contributed by atoms with van der Waals surface area (Å²) in [6, 6.07) is 0. The molecule has 0 aromatic rings. The van der Waals surface area contributed by atoms with E-state index in [1.54, 1.807) is 6.92 Å². The Labute approximate surface area is 86.6 Å². The van der Waals surface area contributed by atoms with Gasteiger partial charge in [-0.25, -0.2) is 0 Å². The third-order valence-corrected chi connectivity index (χ3v) is 3.42. The summed E-state index contributed by atoms with van der Waals surface area (Å²) in [7, 11) is 0. The first-order chi connectivity index (χ1) is 6.40. The van der Waals surface area contributed by atoms with Gasteiger partial charge >= 0.3 is 0 Å². The van der Waals surface area contributed by atoms with Gasteiger partial charge in [-0.2, -0.15) is 0 Å². The molecule has 0 spiro atoms. The lowest BCUT2D eigenvalue weighted by molar-refractivity contribution is -0.0319. The maximum Gasteiger partial charge on any atom is 0.0857 e. The lowest BCUT2D eigenvalue weighted by Crippen LogP contribution is -2.38. The van der Waals surface area contributed by atoms with Crippen LogP contribution in [0, 0.1) is 5.41 Å². The Bertz CT molecular complexity index is 220. The standard InChI is InChI=1S/C12H22O2/c1-10-6-4-5-7-11(10,2)8-12(3,14)9-13/h13-14H,1,4-9H2,2-3H3/t11?,12-/m0/s1. The predicted octanol–water partition coefficient (Wildman–Crippen LogP) is 2.26. The van der Waals surface area contributed by atoms with Gasteiger partial charge in [0.15, 0.2) is 0 Å². The van der Waals surface area contributed by atoms with Gasteiger partial charge in [0.2, 0.25) is 0 Å². The van der Waals surface area contributed by atoms with Crippen molar-refractivity contribution in [2.24, 2.45) is 5.41 Å². The highest BCUT2D eigenvalue weighted by atomic mass is 16.3. The van der Waals surface area contributed by atoms with Crippen molar-refractivity contribution in [3.05, 3.63) is 12.2 Å². The number of rotatable bonds is 3. The largest absolute Gasteiger partial charge is 0.393 e. The topological polar surface area (TPSA) is 40.5 Å². The molecule has 14 heavy (non-hydrogen) atoms. The molecule has 1 rings (SSSR count). The van der Waals surface area contributed by atoms with Crippen LogP contribution in [-0.4, -0.2) is 22.4 Å². The molecule has 1 fully saturated rings. The molecule has 0 saturated heterocycles. The van der Waals surface area contributed by atoms with E-state index in [0.29, 0.717) is 6.42 Å². The van der Waals surface area contributed by atoms with E-state index < -0.39 is 5.60 Å². The molecule has 1 saturated carbocycles. The van der Waals surface area contributed by atoms with E-state index in [2.05, 4.69) is 13.5 Å². The lowest BCUT2D eigenvalue weighted by Gasteiger charge is -2.40. The van der Waals surface area contributed by atoms with Gasteiger partial charge in [-0.3, -0.25) is 0 Å². The van der Waals surface area contributed by atoms with Gasteiger partial charge in [0.25, 0.3) is 0 Å². The minimum atomic E-state index is -0.963. The van der Waals surface area contributed by atoms with E-state index in [4.69, 9.17) is 5.11 Å². The first-order valence-corrected chi connectivity index (χ1v) is 5.41. The van der Waals surface area contributed by atoms with Gasteiger partial charge in [-0.05, 0) is 38.0 Å². The summed E-state index contributed by atoms with van der Waals surface area (Å²) in [6.07, 6.45) is 5.20. The maximum atomic E-state index is 9.87. The molecule has 0 heterocycles. The highest BCUT2D eigenvalue weighted by Gasteiger charge is 2.36. The summed E-state index contributed by atoms with van der Waals surface area (Å²) in [6.45, 7) is 7.77. The second-order valence-electron chi connectivity index (χ2n) is 5.20. The molecular weight excluding hydrogens is 176 g/mol. The minimum absolute atomic E-state index is 0.0183. The van der Waals surface area contributed by atoms with Crippen LogP contribution in [0.1, 0.15) is 46.0 Å². The van der Waals surface area contributed by atoms with Crippen molar-refractivity contribution >= 4 is 0 Å². The molecule has 1 unspecified atom stereocenters. The Kier molecular flexibility index (Phi) is 3.38. The Morgan fingerprint density at radius 3 is 2.64 bits per heavy atom. The van der Waals surface area contributed by atoms with E-state index in [-0.39, 0.29) is 12.0 Å². The van der Waals surface area contributed by atoms with Gasteiger partial charge in [-0.1, -0.05) is 25.5 Å². The Morgan fingerprint density at radius 1 is 1.50 bits per heavy atom. The van der Waals surface area contributed by atoms with Crippen molar-refractivity contribution < 1.29 is 10.2 Å². The predicted molar refractivity (Wildman–Crippen MR) is 58.0 cm³/mol. The maximum absolute atomic E-state index is 9.87. The summed E-state index contributed by atoms with van der Waals surface area (Å²) in [4.78, 5) is 0. The van der Waals surface area contributed by atoms with Crippen molar-refractivity contribution in [2.45, 2.75) is 51.6 Å². The summed E-state index contributed by atoms with van der Waals surface area (Å²) >= 11 is 0. The Balaban J connectivity index is 2.68. The van der Waals surface area contributed by atoms with E-state index in [9.17, 15) is 5.11 Å². The first kappa shape index (κ1) is 11.7. The molecule has 2 nitrogen and oxygen atoms in total.